The zero-order chi connectivity index (χ0) is 11.9. The third-order valence-electron chi connectivity index (χ3n) is 3.22. The standard InChI is InChI=1S/C12H22F3N/c13-12(14,15)8-5-9-16-10-11-6-3-1-2-4-7-11/h11,16H,1-10H2. The molecule has 1 saturated carbocycles. The van der Waals surface area contributed by atoms with Gasteiger partial charge in [0.05, 0.1) is 0 Å². The summed E-state index contributed by atoms with van der Waals surface area (Å²) in [5.41, 5.74) is 0. The Morgan fingerprint density at radius 3 is 2.19 bits per heavy atom. The second-order valence-corrected chi connectivity index (χ2v) is 4.78. The van der Waals surface area contributed by atoms with Crippen LogP contribution >= 0.6 is 0 Å². The molecule has 16 heavy (non-hydrogen) atoms. The highest BCUT2D eigenvalue weighted by Crippen LogP contribution is 2.22. The Kier molecular flexibility index (Phi) is 6.17. The molecule has 0 amide bonds. The predicted octanol–water partition coefficient (Wildman–Crippen LogP) is 3.89. The summed E-state index contributed by atoms with van der Waals surface area (Å²) in [6.45, 7) is 1.40. The third kappa shape index (κ3) is 7.09. The van der Waals surface area contributed by atoms with E-state index in [0.717, 1.165) is 6.54 Å². The maximum absolute atomic E-state index is 11.9. The summed E-state index contributed by atoms with van der Waals surface area (Å²) in [6.07, 6.45) is 3.25. The van der Waals surface area contributed by atoms with Gasteiger partial charge in [-0.05, 0) is 38.3 Å². The molecule has 0 bridgehead atoms. The molecular formula is C12H22F3N. The first kappa shape index (κ1) is 13.8. The first-order valence-corrected chi connectivity index (χ1v) is 6.35. The Morgan fingerprint density at radius 2 is 1.62 bits per heavy atom. The van der Waals surface area contributed by atoms with E-state index < -0.39 is 12.6 Å². The van der Waals surface area contributed by atoms with Crippen molar-refractivity contribution in [3.8, 4) is 0 Å². The van der Waals surface area contributed by atoms with Crippen LogP contribution in [0.5, 0.6) is 0 Å². The molecule has 1 aliphatic carbocycles. The molecule has 1 nitrogen and oxygen atoms in total. The van der Waals surface area contributed by atoms with Gasteiger partial charge in [-0.3, -0.25) is 0 Å². The lowest BCUT2D eigenvalue weighted by atomic mass is 10.0. The van der Waals surface area contributed by atoms with Gasteiger partial charge in [0.1, 0.15) is 0 Å². The highest BCUT2D eigenvalue weighted by Gasteiger charge is 2.25. The molecule has 0 heterocycles. The molecular weight excluding hydrogens is 215 g/mol. The van der Waals surface area contributed by atoms with E-state index >= 15 is 0 Å². The molecule has 1 N–H and O–H groups in total. The van der Waals surface area contributed by atoms with E-state index in [1.165, 1.54) is 38.5 Å². The lowest BCUT2D eigenvalue weighted by Crippen LogP contribution is -2.24. The minimum atomic E-state index is -4.00. The van der Waals surface area contributed by atoms with Crippen LogP contribution in [0.25, 0.3) is 0 Å². The van der Waals surface area contributed by atoms with Crippen molar-refractivity contribution in [1.29, 1.82) is 0 Å². The number of nitrogens with one attached hydrogen (secondary N) is 1. The van der Waals surface area contributed by atoms with E-state index in [9.17, 15) is 13.2 Å². The van der Waals surface area contributed by atoms with Crippen molar-refractivity contribution in [2.45, 2.75) is 57.5 Å². The average molecular weight is 237 g/mol. The van der Waals surface area contributed by atoms with Gasteiger partial charge in [-0.2, -0.15) is 13.2 Å². The van der Waals surface area contributed by atoms with Crippen LogP contribution in [0.1, 0.15) is 51.4 Å². The van der Waals surface area contributed by atoms with Crippen molar-refractivity contribution in [3.05, 3.63) is 0 Å². The zero-order valence-electron chi connectivity index (χ0n) is 9.78. The van der Waals surface area contributed by atoms with Crippen LogP contribution in [0.3, 0.4) is 0 Å². The summed E-state index contributed by atoms with van der Waals surface area (Å²) < 4.78 is 35.6. The molecule has 0 atom stereocenters. The van der Waals surface area contributed by atoms with E-state index in [-0.39, 0.29) is 6.42 Å². The van der Waals surface area contributed by atoms with E-state index in [1.54, 1.807) is 0 Å². The number of hydrogen-bond acceptors (Lipinski definition) is 1. The molecule has 1 aliphatic rings. The summed E-state index contributed by atoms with van der Waals surface area (Å²) in [6, 6.07) is 0. The summed E-state index contributed by atoms with van der Waals surface area (Å²) in [5, 5.41) is 3.16. The molecule has 96 valence electrons. The van der Waals surface area contributed by atoms with Gasteiger partial charge in [0.25, 0.3) is 0 Å². The van der Waals surface area contributed by atoms with Crippen molar-refractivity contribution in [3.63, 3.8) is 0 Å². The topological polar surface area (TPSA) is 12.0 Å². The number of halogens is 3. The van der Waals surface area contributed by atoms with Gasteiger partial charge < -0.3 is 5.32 Å². The average Bonchev–Trinajstić information content (AvgIpc) is 2.44. The van der Waals surface area contributed by atoms with E-state index in [4.69, 9.17) is 0 Å². The maximum atomic E-state index is 11.9. The second-order valence-electron chi connectivity index (χ2n) is 4.78. The van der Waals surface area contributed by atoms with Gasteiger partial charge in [0.2, 0.25) is 0 Å². The SMILES string of the molecule is FC(F)(F)CCCNCC1CCCCCC1. The monoisotopic (exact) mass is 237 g/mol. The molecule has 0 aromatic heterocycles. The van der Waals surface area contributed by atoms with Crippen molar-refractivity contribution in [2.75, 3.05) is 13.1 Å². The number of rotatable bonds is 5. The molecule has 0 radical (unpaired) electrons. The summed E-state index contributed by atoms with van der Waals surface area (Å²) >= 11 is 0. The van der Waals surface area contributed by atoms with E-state index in [1.807, 2.05) is 0 Å². The Bertz CT molecular complexity index is 172. The minimum absolute atomic E-state index is 0.205. The molecule has 0 aromatic rings. The smallest absolute Gasteiger partial charge is 0.316 e. The van der Waals surface area contributed by atoms with Crippen LogP contribution in [-0.4, -0.2) is 19.3 Å². The summed E-state index contributed by atoms with van der Waals surface area (Å²) in [4.78, 5) is 0. The fraction of sp³-hybridized carbons (Fsp3) is 1.00. The van der Waals surface area contributed by atoms with Crippen LogP contribution in [0, 0.1) is 5.92 Å². The van der Waals surface area contributed by atoms with Gasteiger partial charge in [0, 0.05) is 6.42 Å². The Labute approximate surface area is 95.8 Å². The second kappa shape index (κ2) is 7.15. The van der Waals surface area contributed by atoms with Gasteiger partial charge in [-0.25, -0.2) is 0 Å². The molecule has 1 rings (SSSR count). The van der Waals surface area contributed by atoms with E-state index in [0.29, 0.717) is 12.5 Å². The number of alkyl halides is 3. The van der Waals surface area contributed by atoms with Crippen molar-refractivity contribution in [1.82, 2.24) is 5.32 Å². The molecule has 4 heteroatoms. The van der Waals surface area contributed by atoms with Crippen LogP contribution in [0.2, 0.25) is 0 Å². The summed E-state index contributed by atoms with van der Waals surface area (Å²) in [5.74, 6) is 0.688. The Balaban J connectivity index is 1.97. The van der Waals surface area contributed by atoms with Crippen LogP contribution in [0.15, 0.2) is 0 Å². The van der Waals surface area contributed by atoms with Crippen molar-refractivity contribution >= 4 is 0 Å². The third-order valence-corrected chi connectivity index (χ3v) is 3.22. The lowest BCUT2D eigenvalue weighted by Gasteiger charge is -2.14. The lowest BCUT2D eigenvalue weighted by molar-refractivity contribution is -0.135. The normalized spacial score (nSPS) is 19.7. The van der Waals surface area contributed by atoms with Gasteiger partial charge in [0.15, 0.2) is 0 Å². The fourth-order valence-corrected chi connectivity index (χ4v) is 2.29. The minimum Gasteiger partial charge on any atom is -0.316 e. The van der Waals surface area contributed by atoms with E-state index in [2.05, 4.69) is 5.32 Å². The maximum Gasteiger partial charge on any atom is 0.389 e. The zero-order valence-corrected chi connectivity index (χ0v) is 9.78. The summed E-state index contributed by atoms with van der Waals surface area (Å²) in [7, 11) is 0. The highest BCUT2D eigenvalue weighted by molar-refractivity contribution is 4.67. The highest BCUT2D eigenvalue weighted by atomic mass is 19.4. The molecule has 0 saturated heterocycles. The van der Waals surface area contributed by atoms with Crippen LogP contribution in [0.4, 0.5) is 13.2 Å². The molecule has 0 spiro atoms. The first-order chi connectivity index (χ1) is 7.58. The van der Waals surface area contributed by atoms with Gasteiger partial charge in [-0.15, -0.1) is 0 Å². The van der Waals surface area contributed by atoms with Gasteiger partial charge >= 0.3 is 6.18 Å². The molecule has 1 fully saturated rings. The van der Waals surface area contributed by atoms with Gasteiger partial charge in [-0.1, -0.05) is 25.7 Å². The fourth-order valence-electron chi connectivity index (χ4n) is 2.29. The molecule has 0 unspecified atom stereocenters. The van der Waals surface area contributed by atoms with Crippen molar-refractivity contribution in [2.24, 2.45) is 5.92 Å². The van der Waals surface area contributed by atoms with Crippen molar-refractivity contribution < 1.29 is 13.2 Å². The Hall–Kier alpha value is -0.250. The Morgan fingerprint density at radius 1 is 1.00 bits per heavy atom. The predicted molar refractivity (Wildman–Crippen MR) is 59.4 cm³/mol. The largest absolute Gasteiger partial charge is 0.389 e. The first-order valence-electron chi connectivity index (χ1n) is 6.35. The van der Waals surface area contributed by atoms with Crippen LogP contribution < -0.4 is 5.32 Å². The quantitative estimate of drug-likeness (QED) is 0.565. The van der Waals surface area contributed by atoms with Crippen LogP contribution in [-0.2, 0) is 0 Å². The molecule has 0 aliphatic heterocycles. The molecule has 0 aromatic carbocycles. The number of hydrogen-bond donors (Lipinski definition) is 1.